The van der Waals surface area contributed by atoms with Gasteiger partial charge in [-0.1, -0.05) is 48.2 Å². The van der Waals surface area contributed by atoms with Gasteiger partial charge in [-0.3, -0.25) is 0 Å². The molecule has 1 aromatic heterocycles. The smallest absolute Gasteiger partial charge is 0.214 e. The molecule has 1 heterocycles. The zero-order valence-electron chi connectivity index (χ0n) is 19.2. The Morgan fingerprint density at radius 3 is 2.66 bits per heavy atom. The molecule has 0 aliphatic rings. The molecular formula is C25H25BrFN5O2S. The molecule has 3 aromatic carbocycles. The van der Waals surface area contributed by atoms with E-state index in [4.69, 9.17) is 9.47 Å². The zero-order valence-corrected chi connectivity index (χ0v) is 21.6. The highest BCUT2D eigenvalue weighted by Crippen LogP contribution is 2.37. The van der Waals surface area contributed by atoms with Crippen molar-refractivity contribution in [2.24, 2.45) is 0 Å². The first kappa shape index (κ1) is 25.2. The number of benzene rings is 3. The van der Waals surface area contributed by atoms with Crippen LogP contribution < -0.4 is 14.8 Å². The van der Waals surface area contributed by atoms with E-state index in [1.54, 1.807) is 34.6 Å². The van der Waals surface area contributed by atoms with Gasteiger partial charge in [0, 0.05) is 24.4 Å². The molecule has 0 aliphatic heterocycles. The summed E-state index contributed by atoms with van der Waals surface area (Å²) in [5, 5.41) is 16.2. The van der Waals surface area contributed by atoms with E-state index >= 15 is 0 Å². The second-order valence-corrected chi connectivity index (χ2v) is 9.37. The minimum atomic E-state index is -0.293. The molecule has 0 radical (unpaired) electrons. The molecule has 7 nitrogen and oxygen atoms in total. The Kier molecular flexibility index (Phi) is 9.10. The van der Waals surface area contributed by atoms with Crippen LogP contribution in [0.3, 0.4) is 0 Å². The number of nitrogens with one attached hydrogen (secondary N) is 1. The highest BCUT2D eigenvalue weighted by molar-refractivity contribution is 9.10. The van der Waals surface area contributed by atoms with E-state index < -0.39 is 0 Å². The van der Waals surface area contributed by atoms with Crippen molar-refractivity contribution in [1.29, 1.82) is 0 Å². The van der Waals surface area contributed by atoms with Gasteiger partial charge in [0.05, 0.1) is 16.8 Å². The van der Waals surface area contributed by atoms with Gasteiger partial charge in [0.1, 0.15) is 12.4 Å². The van der Waals surface area contributed by atoms with E-state index in [9.17, 15) is 4.39 Å². The molecule has 0 aliphatic carbocycles. The third kappa shape index (κ3) is 6.81. The normalized spacial score (nSPS) is 10.9. The summed E-state index contributed by atoms with van der Waals surface area (Å²) in [6, 6.07) is 20.3. The third-order valence-corrected chi connectivity index (χ3v) is 6.49. The summed E-state index contributed by atoms with van der Waals surface area (Å²) in [4.78, 5) is 0. The van der Waals surface area contributed by atoms with Crippen LogP contribution in [-0.2, 0) is 13.2 Å². The van der Waals surface area contributed by atoms with Crippen molar-refractivity contribution in [3.05, 3.63) is 88.1 Å². The number of hydrogen-bond donors (Lipinski definition) is 1. The molecule has 1 N–H and O–H groups in total. The van der Waals surface area contributed by atoms with E-state index in [2.05, 4.69) is 36.8 Å². The molecule has 4 rings (SSSR count). The average molecular weight is 558 g/mol. The lowest BCUT2D eigenvalue weighted by atomic mass is 10.2. The van der Waals surface area contributed by atoms with E-state index in [1.165, 1.54) is 6.07 Å². The van der Waals surface area contributed by atoms with Crippen molar-refractivity contribution in [1.82, 2.24) is 25.5 Å². The number of hydrogen-bond acceptors (Lipinski definition) is 7. The first-order valence-corrected chi connectivity index (χ1v) is 12.9. The van der Waals surface area contributed by atoms with E-state index in [-0.39, 0.29) is 12.4 Å². The topological polar surface area (TPSA) is 74.1 Å². The number of rotatable bonds is 12. The van der Waals surface area contributed by atoms with Crippen molar-refractivity contribution < 1.29 is 13.9 Å². The first-order chi connectivity index (χ1) is 17.2. The lowest BCUT2D eigenvalue weighted by Crippen LogP contribution is -2.17. The average Bonchev–Trinajstić information content (AvgIpc) is 3.34. The summed E-state index contributed by atoms with van der Waals surface area (Å²) >= 11 is 5.17. The summed E-state index contributed by atoms with van der Waals surface area (Å²) in [7, 11) is 0. The third-order valence-electron chi connectivity index (χ3n) is 4.98. The first-order valence-electron chi connectivity index (χ1n) is 11.1. The number of thioether (sulfide) groups is 1. The highest BCUT2D eigenvalue weighted by atomic mass is 79.9. The molecule has 0 bridgehead atoms. The van der Waals surface area contributed by atoms with Gasteiger partial charge in [-0.2, -0.15) is 4.68 Å². The maximum atomic E-state index is 14.0. The Bertz CT molecular complexity index is 1240. The van der Waals surface area contributed by atoms with Gasteiger partial charge < -0.3 is 14.8 Å². The summed E-state index contributed by atoms with van der Waals surface area (Å²) in [6.45, 7) is 3.93. The fourth-order valence-corrected chi connectivity index (χ4v) is 4.73. The largest absolute Gasteiger partial charge is 0.490 e. The molecule has 0 saturated carbocycles. The molecule has 0 saturated heterocycles. The number of para-hydroxylation sites is 1. The Hall–Kier alpha value is -2.95. The van der Waals surface area contributed by atoms with Gasteiger partial charge in [-0.05, 0) is 69.2 Å². The summed E-state index contributed by atoms with van der Waals surface area (Å²) < 4.78 is 28.2. The number of halogens is 2. The number of nitrogens with zero attached hydrogens (tertiary/aromatic N) is 4. The van der Waals surface area contributed by atoms with Crippen LogP contribution in [0.1, 0.15) is 18.1 Å². The van der Waals surface area contributed by atoms with E-state index in [1.807, 2.05) is 49.4 Å². The minimum Gasteiger partial charge on any atom is -0.490 e. The SMILES string of the molecule is CCOc1cc(CNCCSc2nnnn2-c2ccccc2)cc(Br)c1OCc1ccccc1F. The van der Waals surface area contributed by atoms with Gasteiger partial charge in [-0.15, -0.1) is 5.10 Å². The standard InChI is InChI=1S/C25H25BrFN5O2S/c1-2-33-23-15-18(14-21(26)24(23)34-17-19-8-6-7-11-22(19)27)16-28-12-13-35-25-29-30-31-32(25)20-9-4-3-5-10-20/h3-11,14-15,28H,2,12-13,16-17H2,1H3. The van der Waals surface area contributed by atoms with Gasteiger partial charge in [-0.25, -0.2) is 4.39 Å². The van der Waals surface area contributed by atoms with Gasteiger partial charge >= 0.3 is 0 Å². The minimum absolute atomic E-state index is 0.114. The fraction of sp³-hybridized carbons (Fsp3) is 0.240. The Labute approximate surface area is 216 Å². The zero-order chi connectivity index (χ0) is 24.5. The van der Waals surface area contributed by atoms with Crippen molar-refractivity contribution >= 4 is 27.7 Å². The second kappa shape index (κ2) is 12.7. The van der Waals surface area contributed by atoms with Crippen LogP contribution in [0.15, 0.2) is 76.4 Å². The molecule has 0 atom stereocenters. The van der Waals surface area contributed by atoms with Crippen LogP contribution in [0.5, 0.6) is 11.5 Å². The molecule has 35 heavy (non-hydrogen) atoms. The highest BCUT2D eigenvalue weighted by Gasteiger charge is 2.14. The molecular weight excluding hydrogens is 533 g/mol. The van der Waals surface area contributed by atoms with Crippen molar-refractivity contribution in [3.8, 4) is 17.2 Å². The molecule has 4 aromatic rings. The van der Waals surface area contributed by atoms with Crippen molar-refractivity contribution in [2.75, 3.05) is 18.9 Å². The summed E-state index contributed by atoms with van der Waals surface area (Å²) in [5.41, 5.74) is 2.46. The van der Waals surface area contributed by atoms with Crippen LogP contribution >= 0.6 is 27.7 Å². The fourth-order valence-electron chi connectivity index (χ4n) is 3.34. The summed E-state index contributed by atoms with van der Waals surface area (Å²) in [5.74, 6) is 1.68. The Balaban J connectivity index is 1.32. The number of tetrazole rings is 1. The van der Waals surface area contributed by atoms with Crippen LogP contribution in [0.2, 0.25) is 0 Å². The molecule has 0 spiro atoms. The molecule has 0 fully saturated rings. The lowest BCUT2D eigenvalue weighted by molar-refractivity contribution is 0.264. The second-order valence-electron chi connectivity index (χ2n) is 7.45. The van der Waals surface area contributed by atoms with Crippen molar-refractivity contribution in [2.45, 2.75) is 25.2 Å². The quantitative estimate of drug-likeness (QED) is 0.184. The maximum Gasteiger partial charge on any atom is 0.214 e. The maximum absolute atomic E-state index is 14.0. The molecule has 182 valence electrons. The summed E-state index contributed by atoms with van der Waals surface area (Å²) in [6.07, 6.45) is 0. The number of aromatic nitrogens is 4. The predicted octanol–water partition coefficient (Wildman–Crippen LogP) is 5.42. The number of ether oxygens (including phenoxy) is 2. The predicted molar refractivity (Wildman–Crippen MR) is 138 cm³/mol. The van der Waals surface area contributed by atoms with E-state index in [0.717, 1.165) is 33.2 Å². The van der Waals surface area contributed by atoms with Gasteiger partial charge in [0.2, 0.25) is 5.16 Å². The molecule has 0 amide bonds. The van der Waals surface area contributed by atoms with E-state index in [0.29, 0.717) is 30.2 Å². The Morgan fingerprint density at radius 1 is 1.06 bits per heavy atom. The molecule has 10 heteroatoms. The van der Waals surface area contributed by atoms with Gasteiger partial charge in [0.15, 0.2) is 11.5 Å². The van der Waals surface area contributed by atoms with Gasteiger partial charge in [0.25, 0.3) is 0 Å². The monoisotopic (exact) mass is 557 g/mol. The molecule has 0 unspecified atom stereocenters. The van der Waals surface area contributed by atoms with Crippen LogP contribution in [0.4, 0.5) is 4.39 Å². The van der Waals surface area contributed by atoms with Crippen LogP contribution in [0, 0.1) is 5.82 Å². The Morgan fingerprint density at radius 2 is 1.86 bits per heavy atom. The van der Waals surface area contributed by atoms with Crippen LogP contribution in [0.25, 0.3) is 5.69 Å². The lowest BCUT2D eigenvalue weighted by Gasteiger charge is -2.16. The van der Waals surface area contributed by atoms with Crippen molar-refractivity contribution in [3.63, 3.8) is 0 Å². The van der Waals surface area contributed by atoms with Crippen LogP contribution in [-0.4, -0.2) is 39.1 Å².